The minimum Gasteiger partial charge on any atom is -0.494 e. The topological polar surface area (TPSA) is 86.2 Å². The molecule has 170 valence electrons. The molecule has 0 atom stereocenters. The molecule has 0 aliphatic carbocycles. The van der Waals surface area contributed by atoms with Gasteiger partial charge in [-0.15, -0.1) is 0 Å². The van der Waals surface area contributed by atoms with Crippen LogP contribution >= 0.6 is 15.9 Å². The molecule has 1 N–H and O–H groups in total. The molecule has 0 saturated carbocycles. The van der Waals surface area contributed by atoms with Gasteiger partial charge in [0.25, 0.3) is 5.91 Å². The lowest BCUT2D eigenvalue weighted by Crippen LogP contribution is -2.17. The average molecular weight is 511 g/mol. The van der Waals surface area contributed by atoms with Gasteiger partial charge in [0.15, 0.2) is 0 Å². The van der Waals surface area contributed by atoms with Gasteiger partial charge in [-0.1, -0.05) is 15.9 Å². The summed E-state index contributed by atoms with van der Waals surface area (Å²) in [5.41, 5.74) is 3.80. The molecule has 0 saturated heterocycles. The highest BCUT2D eigenvalue weighted by molar-refractivity contribution is 9.10. The third-order valence-electron chi connectivity index (χ3n) is 4.37. The van der Waals surface area contributed by atoms with Crippen LogP contribution in [0.2, 0.25) is 0 Å². The largest absolute Gasteiger partial charge is 0.494 e. The van der Waals surface area contributed by atoms with Crippen molar-refractivity contribution in [3.63, 3.8) is 0 Å². The number of amides is 1. The Morgan fingerprint density at radius 3 is 2.03 bits per heavy atom. The molecule has 0 spiro atoms. The number of benzene rings is 3. The van der Waals surface area contributed by atoms with E-state index in [9.17, 15) is 9.59 Å². The number of esters is 1. The van der Waals surface area contributed by atoms with Crippen LogP contribution in [0.25, 0.3) is 0 Å². The highest BCUT2D eigenvalue weighted by Gasteiger charge is 2.12. The summed E-state index contributed by atoms with van der Waals surface area (Å²) >= 11 is 3.39. The minimum absolute atomic E-state index is 0.302. The van der Waals surface area contributed by atoms with Gasteiger partial charge in [-0.05, 0) is 80.6 Å². The lowest BCUT2D eigenvalue weighted by Gasteiger charge is -2.09. The number of hydrazone groups is 1. The molecule has 0 aliphatic rings. The van der Waals surface area contributed by atoms with E-state index in [4.69, 9.17) is 14.2 Å². The van der Waals surface area contributed by atoms with E-state index >= 15 is 0 Å². The molecule has 3 aromatic carbocycles. The molecule has 1 amide bonds. The van der Waals surface area contributed by atoms with E-state index in [1.807, 2.05) is 13.8 Å². The summed E-state index contributed by atoms with van der Waals surface area (Å²) in [4.78, 5) is 24.9. The minimum atomic E-state index is -0.520. The zero-order chi connectivity index (χ0) is 23.6. The molecule has 0 aromatic heterocycles. The van der Waals surface area contributed by atoms with Crippen LogP contribution in [0.1, 0.15) is 40.1 Å². The smallest absolute Gasteiger partial charge is 0.343 e. The number of nitrogens with zero attached hydrogens (tertiary/aromatic N) is 1. The van der Waals surface area contributed by atoms with Gasteiger partial charge >= 0.3 is 5.97 Å². The lowest BCUT2D eigenvalue weighted by molar-refractivity contribution is 0.0734. The Bertz CT molecular complexity index is 1130. The summed E-state index contributed by atoms with van der Waals surface area (Å²) in [6.07, 6.45) is 1.41. The molecule has 8 heteroatoms. The van der Waals surface area contributed by atoms with E-state index < -0.39 is 5.97 Å². The summed E-state index contributed by atoms with van der Waals surface area (Å²) in [7, 11) is 0. The van der Waals surface area contributed by atoms with Gasteiger partial charge in [0.2, 0.25) is 0 Å². The molecule has 0 radical (unpaired) electrons. The van der Waals surface area contributed by atoms with Crippen LogP contribution in [0.5, 0.6) is 17.2 Å². The Hall–Kier alpha value is -3.65. The van der Waals surface area contributed by atoms with Crippen molar-refractivity contribution >= 4 is 34.0 Å². The van der Waals surface area contributed by atoms with Crippen LogP contribution in [-0.2, 0) is 0 Å². The number of hydrogen-bond acceptors (Lipinski definition) is 6. The van der Waals surface area contributed by atoms with Crippen LogP contribution < -0.4 is 19.6 Å². The van der Waals surface area contributed by atoms with E-state index in [1.165, 1.54) is 6.21 Å². The van der Waals surface area contributed by atoms with E-state index in [0.29, 0.717) is 47.2 Å². The fourth-order valence-corrected chi connectivity index (χ4v) is 3.20. The van der Waals surface area contributed by atoms with Crippen molar-refractivity contribution in [3.8, 4) is 17.2 Å². The standard InChI is InChI=1S/C25H23BrN2O5/c1-3-31-21-10-5-17(6-11-21)24(29)28-27-16-19-15-20(26)9-14-23(19)33-25(30)18-7-12-22(13-8-18)32-4-2/h5-16H,3-4H2,1-2H3,(H,28,29). The lowest BCUT2D eigenvalue weighted by atomic mass is 10.2. The second-order valence-corrected chi connectivity index (χ2v) is 7.60. The number of nitrogens with one attached hydrogen (secondary N) is 1. The molecular formula is C25H23BrN2O5. The Balaban J connectivity index is 1.68. The molecule has 0 unspecified atom stereocenters. The SMILES string of the molecule is CCOc1ccc(C(=O)NN=Cc2cc(Br)ccc2OC(=O)c2ccc(OCC)cc2)cc1. The molecule has 0 fully saturated rings. The number of hydrogen-bond donors (Lipinski definition) is 1. The highest BCUT2D eigenvalue weighted by Crippen LogP contribution is 2.23. The van der Waals surface area contributed by atoms with Gasteiger partial charge in [-0.25, -0.2) is 10.2 Å². The first-order valence-corrected chi connectivity index (χ1v) is 11.1. The predicted molar refractivity (Wildman–Crippen MR) is 129 cm³/mol. The fourth-order valence-electron chi connectivity index (χ4n) is 2.82. The number of rotatable bonds is 9. The molecule has 0 bridgehead atoms. The first-order chi connectivity index (χ1) is 16.0. The van der Waals surface area contributed by atoms with Crippen LogP contribution in [0.4, 0.5) is 0 Å². The molecule has 0 heterocycles. The van der Waals surface area contributed by atoms with Gasteiger partial charge in [0.05, 0.1) is 25.0 Å². The average Bonchev–Trinajstić information content (AvgIpc) is 2.82. The maximum Gasteiger partial charge on any atom is 0.343 e. The number of carbonyl (C=O) groups is 2. The monoisotopic (exact) mass is 510 g/mol. The first-order valence-electron chi connectivity index (χ1n) is 10.3. The van der Waals surface area contributed by atoms with Gasteiger partial charge < -0.3 is 14.2 Å². The molecular weight excluding hydrogens is 488 g/mol. The van der Waals surface area contributed by atoms with Crippen molar-refractivity contribution in [1.82, 2.24) is 5.43 Å². The van der Waals surface area contributed by atoms with Crippen LogP contribution in [0.15, 0.2) is 76.3 Å². The summed E-state index contributed by atoms with van der Waals surface area (Å²) in [6, 6.07) is 18.5. The second kappa shape index (κ2) is 11.8. The maximum absolute atomic E-state index is 12.6. The second-order valence-electron chi connectivity index (χ2n) is 6.69. The molecule has 33 heavy (non-hydrogen) atoms. The van der Waals surface area contributed by atoms with Crippen LogP contribution in [0.3, 0.4) is 0 Å². The van der Waals surface area contributed by atoms with Crippen molar-refractivity contribution in [3.05, 3.63) is 87.9 Å². The molecule has 3 rings (SSSR count). The van der Waals surface area contributed by atoms with Crippen molar-refractivity contribution in [2.24, 2.45) is 5.10 Å². The van der Waals surface area contributed by atoms with Gasteiger partial charge in [0.1, 0.15) is 17.2 Å². The molecule has 0 aliphatic heterocycles. The zero-order valence-corrected chi connectivity index (χ0v) is 19.8. The Kier molecular flexibility index (Phi) is 8.60. The van der Waals surface area contributed by atoms with Gasteiger partial charge in [-0.3, -0.25) is 4.79 Å². The number of ether oxygens (including phenoxy) is 3. The summed E-state index contributed by atoms with van der Waals surface area (Å²) in [6.45, 7) is 4.87. The van der Waals surface area contributed by atoms with Crippen molar-refractivity contribution in [1.29, 1.82) is 0 Å². The van der Waals surface area contributed by atoms with E-state index in [1.54, 1.807) is 66.7 Å². The first kappa shape index (κ1) is 24.0. The summed E-state index contributed by atoms with van der Waals surface area (Å²) in [5.74, 6) is 0.765. The zero-order valence-electron chi connectivity index (χ0n) is 18.2. The van der Waals surface area contributed by atoms with Gasteiger partial charge in [0, 0.05) is 15.6 Å². The molecule has 3 aromatic rings. The summed E-state index contributed by atoms with van der Waals surface area (Å²) in [5, 5.41) is 4.01. The number of halogens is 1. The third-order valence-corrected chi connectivity index (χ3v) is 4.87. The fraction of sp³-hybridized carbons (Fsp3) is 0.160. The Morgan fingerprint density at radius 1 is 0.879 bits per heavy atom. The van der Waals surface area contributed by atoms with Crippen molar-refractivity contribution in [2.45, 2.75) is 13.8 Å². The Labute approximate surface area is 200 Å². The Morgan fingerprint density at radius 2 is 1.45 bits per heavy atom. The van der Waals surface area contributed by atoms with Crippen molar-refractivity contribution in [2.75, 3.05) is 13.2 Å². The van der Waals surface area contributed by atoms with E-state index in [-0.39, 0.29) is 5.91 Å². The van der Waals surface area contributed by atoms with Gasteiger partial charge in [-0.2, -0.15) is 5.10 Å². The summed E-state index contributed by atoms with van der Waals surface area (Å²) < 4.78 is 17.1. The normalized spacial score (nSPS) is 10.6. The van der Waals surface area contributed by atoms with E-state index in [0.717, 1.165) is 4.47 Å². The van der Waals surface area contributed by atoms with Crippen LogP contribution in [0, 0.1) is 0 Å². The van der Waals surface area contributed by atoms with Crippen LogP contribution in [-0.4, -0.2) is 31.3 Å². The maximum atomic E-state index is 12.6. The third kappa shape index (κ3) is 6.92. The predicted octanol–water partition coefficient (Wildman–Crippen LogP) is 5.23. The quantitative estimate of drug-likeness (QED) is 0.184. The highest BCUT2D eigenvalue weighted by atomic mass is 79.9. The van der Waals surface area contributed by atoms with E-state index in [2.05, 4.69) is 26.5 Å². The van der Waals surface area contributed by atoms with Crippen molar-refractivity contribution < 1.29 is 23.8 Å². The number of carbonyl (C=O) groups excluding carboxylic acids is 2. The molecule has 7 nitrogen and oxygen atoms in total.